The molecule has 2 aromatic carbocycles. The molecule has 0 aromatic heterocycles. The molecule has 0 fully saturated rings. The zero-order valence-electron chi connectivity index (χ0n) is 13.0. The average molecular weight is 281 g/mol. The van der Waals surface area contributed by atoms with E-state index >= 15 is 0 Å². The van der Waals surface area contributed by atoms with Crippen LogP contribution in [0.2, 0.25) is 0 Å². The van der Waals surface area contributed by atoms with Crippen LogP contribution in [-0.2, 0) is 0 Å². The second kappa shape index (κ2) is 7.07. The van der Waals surface area contributed by atoms with E-state index in [1.807, 2.05) is 19.1 Å². The van der Waals surface area contributed by atoms with Crippen molar-refractivity contribution in [3.05, 3.63) is 54.1 Å². The number of benzene rings is 2. The van der Waals surface area contributed by atoms with Crippen LogP contribution in [0, 0.1) is 5.41 Å². The molecule has 0 bridgehead atoms. The first-order valence-corrected chi connectivity index (χ1v) is 7.43. The number of nitrogens with one attached hydrogen (secondary N) is 1. The molecule has 21 heavy (non-hydrogen) atoms. The van der Waals surface area contributed by atoms with Crippen LogP contribution in [0.25, 0.3) is 11.1 Å². The fourth-order valence-electron chi connectivity index (χ4n) is 2.73. The third kappa shape index (κ3) is 3.72. The SMILES string of the molecule is CCC(CC(C)=N)c1cc(OC)ccc1-c1ccccc1. The summed E-state index contributed by atoms with van der Waals surface area (Å²) in [7, 11) is 1.70. The summed E-state index contributed by atoms with van der Waals surface area (Å²) in [5.74, 6) is 1.23. The van der Waals surface area contributed by atoms with Crippen LogP contribution in [0.5, 0.6) is 5.75 Å². The predicted molar refractivity (Wildman–Crippen MR) is 89.5 cm³/mol. The Balaban J connectivity index is 2.52. The van der Waals surface area contributed by atoms with Gasteiger partial charge in [-0.05, 0) is 54.5 Å². The Labute approximate surface area is 127 Å². The zero-order chi connectivity index (χ0) is 15.2. The molecule has 1 atom stereocenters. The summed E-state index contributed by atoms with van der Waals surface area (Å²) in [5, 5.41) is 7.82. The zero-order valence-corrected chi connectivity index (χ0v) is 13.0. The van der Waals surface area contributed by atoms with Crippen LogP contribution < -0.4 is 4.74 Å². The summed E-state index contributed by atoms with van der Waals surface area (Å²) in [6.07, 6.45) is 1.81. The van der Waals surface area contributed by atoms with Gasteiger partial charge in [0.15, 0.2) is 0 Å². The highest BCUT2D eigenvalue weighted by molar-refractivity contribution is 5.80. The lowest BCUT2D eigenvalue weighted by molar-refractivity contribution is 0.414. The van der Waals surface area contributed by atoms with Crippen LogP contribution >= 0.6 is 0 Å². The molecule has 0 aliphatic heterocycles. The maximum Gasteiger partial charge on any atom is 0.119 e. The summed E-state index contributed by atoms with van der Waals surface area (Å²) < 4.78 is 5.39. The van der Waals surface area contributed by atoms with Crippen LogP contribution in [0.3, 0.4) is 0 Å². The van der Waals surface area contributed by atoms with Gasteiger partial charge in [0, 0.05) is 5.71 Å². The summed E-state index contributed by atoms with van der Waals surface area (Å²) >= 11 is 0. The molecule has 0 aliphatic rings. The number of hydrogen-bond donors (Lipinski definition) is 1. The lowest BCUT2D eigenvalue weighted by Crippen LogP contribution is -2.05. The Kier molecular flexibility index (Phi) is 5.15. The van der Waals surface area contributed by atoms with Gasteiger partial charge in [-0.3, -0.25) is 0 Å². The van der Waals surface area contributed by atoms with Gasteiger partial charge in [0.2, 0.25) is 0 Å². The van der Waals surface area contributed by atoms with Gasteiger partial charge in [0.05, 0.1) is 7.11 Å². The third-order valence-corrected chi connectivity index (χ3v) is 3.83. The summed E-state index contributed by atoms with van der Waals surface area (Å²) in [5.41, 5.74) is 4.46. The molecule has 1 unspecified atom stereocenters. The van der Waals surface area contributed by atoms with Gasteiger partial charge in [-0.25, -0.2) is 0 Å². The minimum Gasteiger partial charge on any atom is -0.497 e. The number of ether oxygens (including phenoxy) is 1. The van der Waals surface area contributed by atoms with Gasteiger partial charge in [-0.15, -0.1) is 0 Å². The molecular formula is C19H23NO. The first kappa shape index (κ1) is 15.3. The molecule has 0 saturated heterocycles. The fraction of sp³-hybridized carbons (Fsp3) is 0.316. The lowest BCUT2D eigenvalue weighted by atomic mass is 9.85. The lowest BCUT2D eigenvalue weighted by Gasteiger charge is -2.20. The molecule has 0 saturated carbocycles. The minimum atomic E-state index is 0.354. The Morgan fingerprint density at radius 3 is 2.43 bits per heavy atom. The maximum absolute atomic E-state index is 7.82. The van der Waals surface area contributed by atoms with Crippen LogP contribution in [0.1, 0.15) is 38.2 Å². The summed E-state index contributed by atoms with van der Waals surface area (Å²) in [6, 6.07) is 16.7. The van der Waals surface area contributed by atoms with E-state index in [4.69, 9.17) is 10.1 Å². The van der Waals surface area contributed by atoms with Crippen molar-refractivity contribution in [3.63, 3.8) is 0 Å². The van der Waals surface area contributed by atoms with Gasteiger partial charge in [-0.2, -0.15) is 0 Å². The number of methoxy groups -OCH3 is 1. The normalized spacial score (nSPS) is 12.0. The van der Waals surface area contributed by atoms with Crippen molar-refractivity contribution in [2.75, 3.05) is 7.11 Å². The van der Waals surface area contributed by atoms with Crippen molar-refractivity contribution in [3.8, 4) is 16.9 Å². The first-order chi connectivity index (χ1) is 10.2. The maximum atomic E-state index is 7.82. The van der Waals surface area contributed by atoms with E-state index in [1.54, 1.807) is 7.11 Å². The third-order valence-electron chi connectivity index (χ3n) is 3.83. The molecule has 0 heterocycles. The van der Waals surface area contributed by atoms with Crippen molar-refractivity contribution in [2.24, 2.45) is 0 Å². The highest BCUT2D eigenvalue weighted by Gasteiger charge is 2.16. The Morgan fingerprint density at radius 2 is 1.86 bits per heavy atom. The summed E-state index contributed by atoms with van der Waals surface area (Å²) in [6.45, 7) is 4.06. The highest BCUT2D eigenvalue weighted by Crippen LogP contribution is 2.35. The van der Waals surface area contributed by atoms with Gasteiger partial charge in [0.25, 0.3) is 0 Å². The van der Waals surface area contributed by atoms with E-state index in [2.05, 4.69) is 43.3 Å². The molecule has 1 N–H and O–H groups in total. The molecule has 110 valence electrons. The molecular weight excluding hydrogens is 258 g/mol. The summed E-state index contributed by atoms with van der Waals surface area (Å²) in [4.78, 5) is 0. The van der Waals surface area contributed by atoms with Crippen molar-refractivity contribution in [1.82, 2.24) is 0 Å². The molecule has 0 spiro atoms. The second-order valence-corrected chi connectivity index (χ2v) is 5.41. The molecule has 2 aromatic rings. The minimum absolute atomic E-state index is 0.354. The van der Waals surface area contributed by atoms with Crippen molar-refractivity contribution >= 4 is 5.71 Å². The van der Waals surface area contributed by atoms with E-state index < -0.39 is 0 Å². The number of hydrogen-bond acceptors (Lipinski definition) is 2. The van der Waals surface area contributed by atoms with Gasteiger partial charge < -0.3 is 10.1 Å². The van der Waals surface area contributed by atoms with Gasteiger partial charge in [0.1, 0.15) is 5.75 Å². The van der Waals surface area contributed by atoms with Crippen LogP contribution in [0.4, 0.5) is 0 Å². The van der Waals surface area contributed by atoms with Crippen molar-refractivity contribution < 1.29 is 4.74 Å². The smallest absolute Gasteiger partial charge is 0.119 e. The largest absolute Gasteiger partial charge is 0.497 e. The van der Waals surface area contributed by atoms with Crippen LogP contribution in [0.15, 0.2) is 48.5 Å². The monoisotopic (exact) mass is 281 g/mol. The second-order valence-electron chi connectivity index (χ2n) is 5.41. The van der Waals surface area contributed by atoms with E-state index in [0.717, 1.165) is 24.3 Å². The van der Waals surface area contributed by atoms with Gasteiger partial charge in [-0.1, -0.05) is 43.3 Å². The molecule has 0 radical (unpaired) electrons. The van der Waals surface area contributed by atoms with Crippen molar-refractivity contribution in [1.29, 1.82) is 5.41 Å². The first-order valence-electron chi connectivity index (χ1n) is 7.43. The molecule has 2 heteroatoms. The Hall–Kier alpha value is -2.09. The molecule has 2 nitrogen and oxygen atoms in total. The van der Waals surface area contributed by atoms with E-state index in [0.29, 0.717) is 5.92 Å². The Morgan fingerprint density at radius 1 is 1.14 bits per heavy atom. The van der Waals surface area contributed by atoms with Crippen molar-refractivity contribution in [2.45, 2.75) is 32.6 Å². The molecule has 0 amide bonds. The van der Waals surface area contributed by atoms with Crippen LogP contribution in [-0.4, -0.2) is 12.8 Å². The average Bonchev–Trinajstić information content (AvgIpc) is 2.52. The van der Waals surface area contributed by atoms with E-state index in [-0.39, 0.29) is 0 Å². The van der Waals surface area contributed by atoms with Gasteiger partial charge >= 0.3 is 0 Å². The highest BCUT2D eigenvalue weighted by atomic mass is 16.5. The van der Waals surface area contributed by atoms with E-state index in [1.165, 1.54) is 16.7 Å². The Bertz CT molecular complexity index is 604. The standard InChI is InChI=1S/C19H23NO/c1-4-15(12-14(2)20)19-13-17(21-3)10-11-18(19)16-8-6-5-7-9-16/h5-11,13,15,20H,4,12H2,1-3H3. The molecule has 0 aliphatic carbocycles. The topological polar surface area (TPSA) is 33.1 Å². The molecule has 2 rings (SSSR count). The number of rotatable bonds is 6. The predicted octanol–water partition coefficient (Wildman–Crippen LogP) is 5.29. The quantitative estimate of drug-likeness (QED) is 0.717. The van der Waals surface area contributed by atoms with E-state index in [9.17, 15) is 0 Å². The fourth-order valence-corrected chi connectivity index (χ4v) is 2.73.